The van der Waals surface area contributed by atoms with Crippen LogP contribution >= 0.6 is 0 Å². The molecule has 1 aromatic rings. The fourth-order valence-corrected chi connectivity index (χ4v) is 6.12. The van der Waals surface area contributed by atoms with Crippen molar-refractivity contribution in [1.82, 2.24) is 9.21 Å². The maximum absolute atomic E-state index is 12.7. The molecule has 3 fully saturated rings. The smallest absolute Gasteiger partial charge is 0.243 e. The Balaban J connectivity index is 1.42. The molecular formula is C17H24N2O2S. The van der Waals surface area contributed by atoms with Crippen molar-refractivity contribution in [3.63, 3.8) is 0 Å². The van der Waals surface area contributed by atoms with E-state index in [9.17, 15) is 8.42 Å². The van der Waals surface area contributed by atoms with Crippen molar-refractivity contribution in [3.8, 4) is 0 Å². The van der Waals surface area contributed by atoms with Gasteiger partial charge in [-0.15, -0.1) is 0 Å². The van der Waals surface area contributed by atoms with E-state index in [0.717, 1.165) is 31.0 Å². The molecule has 3 atom stereocenters. The van der Waals surface area contributed by atoms with Crippen LogP contribution in [0.25, 0.3) is 0 Å². The minimum atomic E-state index is -3.31. The van der Waals surface area contributed by atoms with Crippen LogP contribution in [0.5, 0.6) is 0 Å². The van der Waals surface area contributed by atoms with Gasteiger partial charge in [0.15, 0.2) is 0 Å². The molecule has 22 heavy (non-hydrogen) atoms. The quantitative estimate of drug-likeness (QED) is 0.857. The van der Waals surface area contributed by atoms with E-state index in [1.54, 1.807) is 28.6 Å². The molecule has 0 spiro atoms. The minimum Gasteiger partial charge on any atom is -0.297 e. The molecule has 5 heteroatoms. The molecular weight excluding hydrogens is 296 g/mol. The molecule has 0 aromatic heterocycles. The van der Waals surface area contributed by atoms with Crippen LogP contribution in [-0.2, 0) is 10.0 Å². The van der Waals surface area contributed by atoms with E-state index in [1.807, 2.05) is 6.07 Å². The van der Waals surface area contributed by atoms with Gasteiger partial charge in [0, 0.05) is 32.2 Å². The Kier molecular flexibility index (Phi) is 3.75. The fraction of sp³-hybridized carbons (Fsp3) is 0.647. The van der Waals surface area contributed by atoms with Crippen molar-refractivity contribution < 1.29 is 8.42 Å². The van der Waals surface area contributed by atoms with Gasteiger partial charge in [-0.3, -0.25) is 4.90 Å². The predicted molar refractivity (Wildman–Crippen MR) is 86.0 cm³/mol. The van der Waals surface area contributed by atoms with Gasteiger partial charge in [-0.25, -0.2) is 8.42 Å². The third-order valence-electron chi connectivity index (χ3n) is 5.82. The Bertz CT molecular complexity index is 623. The summed E-state index contributed by atoms with van der Waals surface area (Å²) in [4.78, 5) is 2.98. The second kappa shape index (κ2) is 5.62. The maximum atomic E-state index is 12.7. The number of fused-ring (bicyclic) bond motifs is 2. The van der Waals surface area contributed by atoms with Gasteiger partial charge >= 0.3 is 0 Å². The van der Waals surface area contributed by atoms with E-state index in [4.69, 9.17) is 0 Å². The molecule has 1 aromatic carbocycles. The SMILES string of the molecule is O=S(=O)(c1ccccc1)N1CCN([C@H]2C[C@H]3CC[C@H]2C3)CC1. The first-order valence-corrected chi connectivity index (χ1v) is 9.88. The van der Waals surface area contributed by atoms with Crippen LogP contribution in [0, 0.1) is 11.8 Å². The summed E-state index contributed by atoms with van der Waals surface area (Å²) in [6.07, 6.45) is 5.56. The number of sulfonamides is 1. The van der Waals surface area contributed by atoms with E-state index in [-0.39, 0.29) is 0 Å². The zero-order valence-corrected chi connectivity index (χ0v) is 13.7. The molecule has 3 aliphatic rings. The number of benzene rings is 1. The number of hydrogen-bond acceptors (Lipinski definition) is 3. The Labute approximate surface area is 133 Å². The first-order valence-electron chi connectivity index (χ1n) is 8.44. The third-order valence-corrected chi connectivity index (χ3v) is 7.74. The van der Waals surface area contributed by atoms with Crippen LogP contribution in [0.1, 0.15) is 25.7 Å². The van der Waals surface area contributed by atoms with Crippen LogP contribution in [0.2, 0.25) is 0 Å². The molecule has 4 nitrogen and oxygen atoms in total. The van der Waals surface area contributed by atoms with Gasteiger partial charge < -0.3 is 0 Å². The van der Waals surface area contributed by atoms with Crippen molar-refractivity contribution in [2.45, 2.75) is 36.6 Å². The predicted octanol–water partition coefficient (Wildman–Crippen LogP) is 2.18. The summed E-state index contributed by atoms with van der Waals surface area (Å²) < 4.78 is 27.0. The highest BCUT2D eigenvalue weighted by atomic mass is 32.2. The molecule has 0 N–H and O–H groups in total. The molecule has 0 amide bonds. The second-order valence-corrected chi connectivity index (χ2v) is 8.93. The molecule has 1 aliphatic heterocycles. The van der Waals surface area contributed by atoms with Crippen LogP contribution in [0.4, 0.5) is 0 Å². The normalized spacial score (nSPS) is 33.4. The molecule has 4 rings (SSSR count). The fourth-order valence-electron chi connectivity index (χ4n) is 4.68. The Morgan fingerprint density at radius 3 is 2.23 bits per heavy atom. The zero-order valence-electron chi connectivity index (χ0n) is 12.9. The summed E-state index contributed by atoms with van der Waals surface area (Å²) in [6, 6.07) is 9.54. The molecule has 1 heterocycles. The Morgan fingerprint density at radius 2 is 1.64 bits per heavy atom. The minimum absolute atomic E-state index is 0.420. The van der Waals surface area contributed by atoms with Crippen molar-refractivity contribution in [3.05, 3.63) is 30.3 Å². The molecule has 0 radical (unpaired) electrons. The van der Waals surface area contributed by atoms with Crippen molar-refractivity contribution >= 4 is 10.0 Å². The van der Waals surface area contributed by atoms with Crippen molar-refractivity contribution in [2.24, 2.45) is 11.8 Å². The summed E-state index contributed by atoms with van der Waals surface area (Å²) in [5.41, 5.74) is 0. The molecule has 120 valence electrons. The Morgan fingerprint density at radius 1 is 0.909 bits per heavy atom. The Hall–Kier alpha value is -0.910. The first-order chi connectivity index (χ1) is 10.6. The lowest BCUT2D eigenvalue weighted by molar-refractivity contribution is 0.101. The average Bonchev–Trinajstić information content (AvgIpc) is 3.19. The van der Waals surface area contributed by atoms with Gasteiger partial charge in [0.05, 0.1) is 4.90 Å². The molecule has 2 saturated carbocycles. The van der Waals surface area contributed by atoms with E-state index < -0.39 is 10.0 Å². The lowest BCUT2D eigenvalue weighted by Crippen LogP contribution is -2.53. The second-order valence-electron chi connectivity index (χ2n) is 7.00. The van der Waals surface area contributed by atoms with Gasteiger partial charge in [-0.1, -0.05) is 24.6 Å². The average molecular weight is 320 g/mol. The largest absolute Gasteiger partial charge is 0.297 e. The summed E-state index contributed by atoms with van der Waals surface area (Å²) in [7, 11) is -3.31. The van der Waals surface area contributed by atoms with Gasteiger partial charge in [0.25, 0.3) is 0 Å². The number of piperazine rings is 1. The molecule has 2 aliphatic carbocycles. The number of hydrogen-bond donors (Lipinski definition) is 0. The lowest BCUT2D eigenvalue weighted by atomic mass is 9.93. The highest BCUT2D eigenvalue weighted by Crippen LogP contribution is 2.46. The van der Waals surface area contributed by atoms with Crippen LogP contribution in [-0.4, -0.2) is 49.8 Å². The monoisotopic (exact) mass is 320 g/mol. The van der Waals surface area contributed by atoms with E-state index in [1.165, 1.54) is 25.7 Å². The van der Waals surface area contributed by atoms with Gasteiger partial charge in [-0.2, -0.15) is 4.31 Å². The van der Waals surface area contributed by atoms with Gasteiger partial charge in [0.2, 0.25) is 10.0 Å². The topological polar surface area (TPSA) is 40.6 Å². The summed E-state index contributed by atoms with van der Waals surface area (Å²) in [6.45, 7) is 3.04. The van der Waals surface area contributed by atoms with Gasteiger partial charge in [0.1, 0.15) is 0 Å². The number of nitrogens with zero attached hydrogens (tertiary/aromatic N) is 2. The summed E-state index contributed by atoms with van der Waals surface area (Å²) >= 11 is 0. The number of rotatable bonds is 3. The van der Waals surface area contributed by atoms with E-state index >= 15 is 0 Å². The summed E-state index contributed by atoms with van der Waals surface area (Å²) in [5.74, 6) is 1.82. The maximum Gasteiger partial charge on any atom is 0.243 e. The lowest BCUT2D eigenvalue weighted by Gasteiger charge is -2.40. The van der Waals surface area contributed by atoms with Crippen molar-refractivity contribution in [1.29, 1.82) is 0 Å². The van der Waals surface area contributed by atoms with E-state index in [2.05, 4.69) is 4.90 Å². The van der Waals surface area contributed by atoms with Crippen LogP contribution in [0.3, 0.4) is 0 Å². The van der Waals surface area contributed by atoms with Crippen LogP contribution in [0.15, 0.2) is 35.2 Å². The molecule has 1 saturated heterocycles. The third kappa shape index (κ3) is 2.49. The first kappa shape index (κ1) is 14.7. The zero-order chi connectivity index (χ0) is 15.2. The molecule has 2 bridgehead atoms. The highest BCUT2D eigenvalue weighted by molar-refractivity contribution is 7.89. The van der Waals surface area contributed by atoms with Gasteiger partial charge in [-0.05, 0) is 43.2 Å². The highest BCUT2D eigenvalue weighted by Gasteiger charge is 2.43. The van der Waals surface area contributed by atoms with Crippen LogP contribution < -0.4 is 0 Å². The standard InChI is InChI=1S/C17H24N2O2S/c20-22(21,16-4-2-1-3-5-16)19-10-8-18(9-11-19)17-13-14-6-7-15(17)12-14/h1-5,14-15,17H,6-13H2/t14-,15-,17-/m0/s1. The van der Waals surface area contributed by atoms with Crippen molar-refractivity contribution in [2.75, 3.05) is 26.2 Å². The van der Waals surface area contributed by atoms with E-state index in [0.29, 0.717) is 18.0 Å². The summed E-state index contributed by atoms with van der Waals surface area (Å²) in [5, 5.41) is 0. The molecule has 0 unspecified atom stereocenters.